The second-order valence-electron chi connectivity index (χ2n) is 6.19. The van der Waals surface area contributed by atoms with Crippen molar-refractivity contribution in [3.8, 4) is 0 Å². The van der Waals surface area contributed by atoms with Crippen molar-refractivity contribution >= 4 is 17.3 Å². The molecule has 2 aliphatic rings. The van der Waals surface area contributed by atoms with Gasteiger partial charge in [-0.15, -0.1) is 0 Å². The molecule has 0 spiro atoms. The molecule has 2 aliphatic carbocycles. The highest BCUT2D eigenvalue weighted by atomic mass is 16.1. The number of aromatic nitrogens is 3. The van der Waals surface area contributed by atoms with Crippen LogP contribution in [0.1, 0.15) is 72.4 Å². The summed E-state index contributed by atoms with van der Waals surface area (Å²) in [6, 6.07) is 0.539. The molecule has 4 heteroatoms. The van der Waals surface area contributed by atoms with E-state index in [1.54, 1.807) is 0 Å². The van der Waals surface area contributed by atoms with Gasteiger partial charge in [0.2, 0.25) is 0 Å². The zero-order chi connectivity index (χ0) is 13.7. The molecular formula is C16H19N3O. The number of rotatable bonds is 3. The molecule has 2 saturated carbocycles. The summed E-state index contributed by atoms with van der Waals surface area (Å²) in [6.45, 7) is 2.01. The lowest BCUT2D eigenvalue weighted by Gasteiger charge is -2.10. The summed E-state index contributed by atoms with van der Waals surface area (Å²) in [5.41, 5.74) is 2.67. The van der Waals surface area contributed by atoms with Gasteiger partial charge in [0.15, 0.2) is 6.29 Å². The van der Waals surface area contributed by atoms with Crippen molar-refractivity contribution in [2.24, 2.45) is 0 Å². The number of aldehydes is 1. The van der Waals surface area contributed by atoms with Crippen LogP contribution in [0.3, 0.4) is 0 Å². The van der Waals surface area contributed by atoms with Crippen molar-refractivity contribution in [3.63, 3.8) is 0 Å². The quantitative estimate of drug-likeness (QED) is 0.801. The molecule has 0 saturated heterocycles. The molecule has 20 heavy (non-hydrogen) atoms. The Kier molecular flexibility index (Phi) is 2.65. The number of hydrogen-bond donors (Lipinski definition) is 0. The van der Waals surface area contributed by atoms with Crippen molar-refractivity contribution in [1.29, 1.82) is 0 Å². The fourth-order valence-corrected chi connectivity index (χ4v) is 3.47. The molecule has 0 radical (unpaired) electrons. The molecular weight excluding hydrogens is 250 g/mol. The van der Waals surface area contributed by atoms with Crippen LogP contribution >= 0.6 is 0 Å². The zero-order valence-corrected chi connectivity index (χ0v) is 11.8. The Bertz CT molecular complexity index is 679. The Morgan fingerprint density at radius 2 is 1.95 bits per heavy atom. The monoisotopic (exact) mass is 269 g/mol. The molecule has 104 valence electrons. The molecule has 0 aromatic carbocycles. The van der Waals surface area contributed by atoms with Gasteiger partial charge in [0.25, 0.3) is 0 Å². The maximum Gasteiger partial charge on any atom is 0.152 e. The van der Waals surface area contributed by atoms with Crippen LogP contribution in [0.4, 0.5) is 0 Å². The van der Waals surface area contributed by atoms with Crippen molar-refractivity contribution in [1.82, 2.24) is 14.5 Å². The number of hydrogen-bond acceptors (Lipinski definition) is 3. The van der Waals surface area contributed by atoms with E-state index in [0.29, 0.717) is 12.0 Å². The lowest BCUT2D eigenvalue weighted by molar-refractivity contribution is 0.112. The summed E-state index contributed by atoms with van der Waals surface area (Å²) in [4.78, 5) is 20.8. The summed E-state index contributed by atoms with van der Waals surface area (Å²) in [5, 5.41) is 0.952. The van der Waals surface area contributed by atoms with Gasteiger partial charge in [-0.3, -0.25) is 4.79 Å². The fraction of sp³-hybridized carbons (Fsp3) is 0.562. The number of carbonyl (C=O) groups is 1. The highest BCUT2D eigenvalue weighted by Crippen LogP contribution is 2.39. The van der Waals surface area contributed by atoms with Gasteiger partial charge in [-0.2, -0.15) is 0 Å². The standard InChI is InChI=1S/C16H19N3O/c1-10-14-12(9-20)8-19(13-6-7-13)16(14)18-15(17-10)11-4-2-3-5-11/h8-9,11,13H,2-7H2,1H3. The van der Waals surface area contributed by atoms with Gasteiger partial charge in [-0.05, 0) is 32.6 Å². The molecule has 0 N–H and O–H groups in total. The summed E-state index contributed by atoms with van der Waals surface area (Å²) >= 11 is 0. The van der Waals surface area contributed by atoms with Gasteiger partial charge in [0.1, 0.15) is 11.5 Å². The third-order valence-electron chi connectivity index (χ3n) is 4.69. The van der Waals surface area contributed by atoms with E-state index in [4.69, 9.17) is 9.97 Å². The number of nitrogens with zero attached hydrogens (tertiary/aromatic N) is 3. The summed E-state index contributed by atoms with van der Waals surface area (Å²) in [7, 11) is 0. The van der Waals surface area contributed by atoms with Gasteiger partial charge < -0.3 is 4.57 Å². The molecule has 2 aromatic rings. The number of carbonyl (C=O) groups excluding carboxylic acids is 1. The van der Waals surface area contributed by atoms with Crippen LogP contribution in [0, 0.1) is 6.92 Å². The Balaban J connectivity index is 1.92. The van der Waals surface area contributed by atoms with E-state index >= 15 is 0 Å². The average molecular weight is 269 g/mol. The molecule has 0 aliphatic heterocycles. The molecule has 0 unspecified atom stereocenters. The molecule has 4 nitrogen and oxygen atoms in total. The first kappa shape index (κ1) is 12.1. The minimum atomic E-state index is 0.514. The summed E-state index contributed by atoms with van der Waals surface area (Å²) in [5.74, 6) is 1.50. The molecule has 0 bridgehead atoms. The van der Waals surface area contributed by atoms with Gasteiger partial charge >= 0.3 is 0 Å². The first-order valence-electron chi connectivity index (χ1n) is 7.62. The average Bonchev–Trinajstić information content (AvgIpc) is 3.02. The van der Waals surface area contributed by atoms with Gasteiger partial charge in [-0.1, -0.05) is 12.8 Å². The predicted octanol–water partition coefficient (Wildman–Crippen LogP) is 3.54. The molecule has 4 rings (SSSR count). The maximum atomic E-state index is 11.3. The van der Waals surface area contributed by atoms with E-state index in [-0.39, 0.29) is 0 Å². The lowest BCUT2D eigenvalue weighted by Crippen LogP contribution is -2.05. The van der Waals surface area contributed by atoms with Crippen LogP contribution in [0.25, 0.3) is 11.0 Å². The molecule has 0 atom stereocenters. The van der Waals surface area contributed by atoms with Crippen molar-refractivity contribution in [3.05, 3.63) is 23.3 Å². The van der Waals surface area contributed by atoms with E-state index in [9.17, 15) is 4.79 Å². The summed E-state index contributed by atoms with van der Waals surface area (Å²) in [6.07, 6.45) is 10.3. The lowest BCUT2D eigenvalue weighted by atomic mass is 10.1. The SMILES string of the molecule is Cc1nc(C2CCCC2)nc2c1c(C=O)cn2C1CC1. The summed E-state index contributed by atoms with van der Waals surface area (Å²) < 4.78 is 2.20. The van der Waals surface area contributed by atoms with E-state index < -0.39 is 0 Å². The Labute approximate surface area is 118 Å². The third-order valence-corrected chi connectivity index (χ3v) is 4.69. The Morgan fingerprint density at radius 1 is 1.20 bits per heavy atom. The zero-order valence-electron chi connectivity index (χ0n) is 11.8. The van der Waals surface area contributed by atoms with E-state index in [0.717, 1.165) is 34.4 Å². The van der Waals surface area contributed by atoms with E-state index in [2.05, 4.69) is 4.57 Å². The number of fused-ring (bicyclic) bond motifs is 1. The second-order valence-corrected chi connectivity index (χ2v) is 6.19. The van der Waals surface area contributed by atoms with Crippen LogP contribution in [-0.4, -0.2) is 20.8 Å². The Morgan fingerprint density at radius 3 is 2.60 bits per heavy atom. The first-order valence-corrected chi connectivity index (χ1v) is 7.62. The van der Waals surface area contributed by atoms with Crippen LogP contribution in [0.15, 0.2) is 6.20 Å². The maximum absolute atomic E-state index is 11.3. The Hall–Kier alpha value is -1.71. The number of aryl methyl sites for hydroxylation is 1. The van der Waals surface area contributed by atoms with Crippen LogP contribution in [0.2, 0.25) is 0 Å². The molecule has 2 fully saturated rings. The van der Waals surface area contributed by atoms with Crippen molar-refractivity contribution in [2.45, 2.75) is 57.4 Å². The highest BCUT2D eigenvalue weighted by molar-refractivity contribution is 5.97. The van der Waals surface area contributed by atoms with Gasteiger partial charge in [-0.25, -0.2) is 9.97 Å². The van der Waals surface area contributed by atoms with E-state index in [1.165, 1.54) is 38.5 Å². The van der Waals surface area contributed by atoms with Gasteiger partial charge in [0, 0.05) is 23.7 Å². The fourth-order valence-electron chi connectivity index (χ4n) is 3.47. The topological polar surface area (TPSA) is 47.8 Å². The molecule has 2 aromatic heterocycles. The van der Waals surface area contributed by atoms with Crippen molar-refractivity contribution < 1.29 is 4.79 Å². The normalized spacial score (nSPS) is 19.9. The minimum absolute atomic E-state index is 0.514. The van der Waals surface area contributed by atoms with Crippen LogP contribution < -0.4 is 0 Å². The van der Waals surface area contributed by atoms with Gasteiger partial charge in [0.05, 0.1) is 11.1 Å². The van der Waals surface area contributed by atoms with Crippen molar-refractivity contribution in [2.75, 3.05) is 0 Å². The second kappa shape index (κ2) is 4.40. The largest absolute Gasteiger partial charge is 0.329 e. The predicted molar refractivity (Wildman–Crippen MR) is 77.1 cm³/mol. The minimum Gasteiger partial charge on any atom is -0.329 e. The van der Waals surface area contributed by atoms with Crippen LogP contribution in [0.5, 0.6) is 0 Å². The highest BCUT2D eigenvalue weighted by Gasteiger charge is 2.28. The van der Waals surface area contributed by atoms with Crippen LogP contribution in [-0.2, 0) is 0 Å². The molecule has 0 amide bonds. The molecule has 2 heterocycles. The third kappa shape index (κ3) is 1.78. The van der Waals surface area contributed by atoms with E-state index in [1.807, 2.05) is 13.1 Å². The smallest absolute Gasteiger partial charge is 0.152 e. The first-order chi connectivity index (χ1) is 9.78.